The second kappa shape index (κ2) is 19.5. The molecule has 2 aromatic rings. The van der Waals surface area contributed by atoms with E-state index in [4.69, 9.17) is 14.2 Å². The highest BCUT2D eigenvalue weighted by atomic mass is 16.5. The molecular weight excluding hydrogens is 568 g/mol. The lowest BCUT2D eigenvalue weighted by molar-refractivity contribution is -0.133. The monoisotopic (exact) mass is 634 g/mol. The van der Waals surface area contributed by atoms with E-state index in [-0.39, 0.29) is 16.8 Å². The zero-order valence-electron chi connectivity index (χ0n) is 30.6. The molecule has 1 atom stereocenters. The maximum atomic E-state index is 13.2. The third-order valence-electron chi connectivity index (χ3n) is 9.39. The van der Waals surface area contributed by atoms with Gasteiger partial charge in [-0.2, -0.15) is 0 Å². The van der Waals surface area contributed by atoms with Gasteiger partial charge in [-0.15, -0.1) is 0 Å². The molecule has 0 aromatic heterocycles. The molecule has 46 heavy (non-hydrogen) atoms. The molecule has 1 aliphatic rings. The Bertz CT molecular complexity index is 1150. The number of hydrogen-bond donors (Lipinski definition) is 0. The Hall–Kier alpha value is -2.33. The van der Waals surface area contributed by atoms with Crippen molar-refractivity contribution in [2.75, 3.05) is 19.8 Å². The van der Waals surface area contributed by atoms with Crippen LogP contribution in [0.3, 0.4) is 0 Å². The molecule has 0 aliphatic carbocycles. The number of unbranched alkanes of at least 4 members (excludes halogenated alkanes) is 15. The first-order chi connectivity index (χ1) is 22.0. The number of fused-ring (bicyclic) bond motifs is 1. The van der Waals surface area contributed by atoms with E-state index in [0.29, 0.717) is 13.2 Å². The SMILES string of the molecule is CCCCCCCCCCCCCCCCCCOCCOc1ccc(C2C(=O)Oc3c2cc(C(C)(C)C)cc3C(C)(C)C)cc1. The second-order valence-corrected chi connectivity index (χ2v) is 15.6. The molecule has 0 spiro atoms. The highest BCUT2D eigenvalue weighted by Crippen LogP contribution is 2.47. The van der Waals surface area contributed by atoms with E-state index in [0.717, 1.165) is 41.2 Å². The highest BCUT2D eigenvalue weighted by molar-refractivity contribution is 5.90. The van der Waals surface area contributed by atoms with E-state index < -0.39 is 5.92 Å². The Labute approximate surface area is 282 Å². The zero-order chi connectivity index (χ0) is 33.4. The van der Waals surface area contributed by atoms with Gasteiger partial charge in [0.2, 0.25) is 0 Å². The fraction of sp³-hybridized carbons (Fsp3) is 0.690. The van der Waals surface area contributed by atoms with Crippen LogP contribution in [0.4, 0.5) is 0 Å². The van der Waals surface area contributed by atoms with Crippen molar-refractivity contribution in [3.63, 3.8) is 0 Å². The molecule has 0 bridgehead atoms. The molecular formula is C42H66O4. The molecule has 3 rings (SSSR count). The molecule has 1 aliphatic heterocycles. The van der Waals surface area contributed by atoms with E-state index in [9.17, 15) is 4.79 Å². The summed E-state index contributed by atoms with van der Waals surface area (Å²) >= 11 is 0. The maximum absolute atomic E-state index is 13.2. The first-order valence-corrected chi connectivity index (χ1v) is 18.7. The minimum atomic E-state index is -0.421. The number of hydrogen-bond acceptors (Lipinski definition) is 4. The number of rotatable bonds is 22. The Morgan fingerprint density at radius 1 is 0.630 bits per heavy atom. The molecule has 4 nitrogen and oxygen atoms in total. The van der Waals surface area contributed by atoms with E-state index in [1.54, 1.807) is 0 Å². The van der Waals surface area contributed by atoms with Crippen molar-refractivity contribution in [1.29, 1.82) is 0 Å². The summed E-state index contributed by atoms with van der Waals surface area (Å²) in [5.41, 5.74) is 4.05. The van der Waals surface area contributed by atoms with Crippen molar-refractivity contribution in [3.8, 4) is 11.5 Å². The molecule has 1 unspecified atom stereocenters. The van der Waals surface area contributed by atoms with E-state index >= 15 is 0 Å². The van der Waals surface area contributed by atoms with Crippen molar-refractivity contribution in [2.24, 2.45) is 0 Å². The summed E-state index contributed by atoms with van der Waals surface area (Å²) in [5, 5.41) is 0. The van der Waals surface area contributed by atoms with Crippen molar-refractivity contribution < 1.29 is 19.0 Å². The van der Waals surface area contributed by atoms with Crippen molar-refractivity contribution >= 4 is 5.97 Å². The predicted molar refractivity (Wildman–Crippen MR) is 194 cm³/mol. The lowest BCUT2D eigenvalue weighted by Crippen LogP contribution is -2.17. The summed E-state index contributed by atoms with van der Waals surface area (Å²) in [4.78, 5) is 13.2. The van der Waals surface area contributed by atoms with Crippen molar-refractivity contribution in [1.82, 2.24) is 0 Å². The average molecular weight is 635 g/mol. The third kappa shape index (κ3) is 12.7. The summed E-state index contributed by atoms with van der Waals surface area (Å²) in [7, 11) is 0. The molecule has 0 radical (unpaired) electrons. The van der Waals surface area contributed by atoms with Crippen LogP contribution in [0.15, 0.2) is 36.4 Å². The lowest BCUT2D eigenvalue weighted by Gasteiger charge is -2.27. The summed E-state index contributed by atoms with van der Waals surface area (Å²) in [5.74, 6) is 0.899. The van der Waals surface area contributed by atoms with Crippen molar-refractivity contribution in [2.45, 2.75) is 168 Å². The van der Waals surface area contributed by atoms with E-state index in [1.165, 1.54) is 102 Å². The molecule has 1 heterocycles. The van der Waals surface area contributed by atoms with Crippen LogP contribution in [-0.2, 0) is 20.4 Å². The number of carbonyl (C=O) groups excluding carboxylic acids is 1. The van der Waals surface area contributed by atoms with Crippen molar-refractivity contribution in [3.05, 3.63) is 58.7 Å². The Morgan fingerprint density at radius 3 is 1.65 bits per heavy atom. The number of carbonyl (C=O) groups is 1. The van der Waals surface area contributed by atoms with Crippen LogP contribution < -0.4 is 9.47 Å². The Balaban J connectivity index is 1.27. The molecule has 4 heteroatoms. The minimum absolute atomic E-state index is 0.0308. The smallest absolute Gasteiger partial charge is 0.323 e. The van der Waals surface area contributed by atoms with Gasteiger partial charge in [-0.3, -0.25) is 4.79 Å². The standard InChI is InChI=1S/C42H66O4/c1-8-9-10-11-12-13-14-15-16-17-18-19-20-21-22-23-28-44-29-30-45-35-26-24-33(25-27-35)38-36-31-34(41(2,3)4)32-37(42(5,6)7)39(36)46-40(38)43/h24-27,31-32,38H,8-23,28-30H2,1-7H3. The molecule has 258 valence electrons. The molecule has 0 saturated carbocycles. The average Bonchev–Trinajstić information content (AvgIpc) is 3.34. The number of esters is 1. The Kier molecular flexibility index (Phi) is 16.1. The first-order valence-electron chi connectivity index (χ1n) is 18.7. The van der Waals surface area contributed by atoms with Gasteiger partial charge in [0.05, 0.1) is 6.61 Å². The van der Waals surface area contributed by atoms with Gasteiger partial charge in [0.15, 0.2) is 0 Å². The third-order valence-corrected chi connectivity index (χ3v) is 9.39. The lowest BCUT2D eigenvalue weighted by atomic mass is 9.77. The van der Waals surface area contributed by atoms with E-state index in [2.05, 4.69) is 60.6 Å². The Morgan fingerprint density at radius 2 is 1.15 bits per heavy atom. The van der Waals surface area contributed by atoms with Gasteiger partial charge in [0.25, 0.3) is 0 Å². The number of benzene rings is 2. The van der Waals surface area contributed by atoms with Crippen LogP contribution in [-0.4, -0.2) is 25.8 Å². The van der Waals surface area contributed by atoms with Crippen LogP contribution in [0, 0.1) is 0 Å². The van der Waals surface area contributed by atoms with Crippen LogP contribution in [0.25, 0.3) is 0 Å². The summed E-state index contributed by atoms with van der Waals surface area (Å²) in [6, 6.07) is 12.3. The fourth-order valence-electron chi connectivity index (χ4n) is 6.40. The molecule has 0 fully saturated rings. The van der Waals surface area contributed by atoms with Crippen LogP contribution >= 0.6 is 0 Å². The quantitative estimate of drug-likeness (QED) is 0.0734. The van der Waals surface area contributed by atoms with Crippen LogP contribution in [0.1, 0.15) is 179 Å². The van der Waals surface area contributed by atoms with Gasteiger partial charge in [0, 0.05) is 17.7 Å². The van der Waals surface area contributed by atoms with Gasteiger partial charge < -0.3 is 14.2 Å². The van der Waals surface area contributed by atoms with Gasteiger partial charge in [0.1, 0.15) is 24.0 Å². The molecule has 0 N–H and O–H groups in total. The summed E-state index contributed by atoms with van der Waals surface area (Å²) in [6.45, 7) is 17.4. The van der Waals surface area contributed by atoms with Gasteiger partial charge in [-0.1, -0.05) is 169 Å². The summed E-state index contributed by atoms with van der Waals surface area (Å²) in [6.07, 6.45) is 22.1. The predicted octanol–water partition coefficient (Wildman–Crippen LogP) is 12.0. The normalized spacial score (nSPS) is 14.8. The van der Waals surface area contributed by atoms with Gasteiger partial charge in [-0.25, -0.2) is 0 Å². The summed E-state index contributed by atoms with van der Waals surface area (Å²) < 4.78 is 17.7. The molecule has 0 saturated heterocycles. The fourth-order valence-corrected chi connectivity index (χ4v) is 6.40. The minimum Gasteiger partial charge on any atom is -0.491 e. The molecule has 2 aromatic carbocycles. The topological polar surface area (TPSA) is 44.8 Å². The largest absolute Gasteiger partial charge is 0.491 e. The van der Waals surface area contributed by atoms with Crippen LogP contribution in [0.2, 0.25) is 0 Å². The van der Waals surface area contributed by atoms with Crippen LogP contribution in [0.5, 0.6) is 11.5 Å². The highest BCUT2D eigenvalue weighted by Gasteiger charge is 2.39. The van der Waals surface area contributed by atoms with E-state index in [1.807, 2.05) is 24.3 Å². The molecule has 0 amide bonds. The van der Waals surface area contributed by atoms with Gasteiger partial charge in [-0.05, 0) is 40.5 Å². The second-order valence-electron chi connectivity index (χ2n) is 15.6. The number of ether oxygens (including phenoxy) is 3. The zero-order valence-corrected chi connectivity index (χ0v) is 30.6. The van der Waals surface area contributed by atoms with Gasteiger partial charge >= 0.3 is 5.97 Å². The maximum Gasteiger partial charge on any atom is 0.323 e. The first kappa shape index (κ1) is 38.1.